The first-order valence-electron chi connectivity index (χ1n) is 5.24. The summed E-state index contributed by atoms with van der Waals surface area (Å²) in [5.41, 5.74) is 4.81. The minimum Gasteiger partial charge on any atom is -0.478 e. The van der Waals surface area contributed by atoms with Crippen molar-refractivity contribution in [3.8, 4) is 11.5 Å². The van der Waals surface area contributed by atoms with Crippen LogP contribution in [0.15, 0.2) is 36.4 Å². The molecule has 0 aliphatic carbocycles. The van der Waals surface area contributed by atoms with Crippen LogP contribution in [0.4, 0.5) is 14.5 Å². The number of carboxylic acid groups (broad SMARTS) is 1. The monoisotopic (exact) mass is 265 g/mol. The molecule has 0 amide bonds. The van der Waals surface area contributed by atoms with Crippen LogP contribution in [0.25, 0.3) is 0 Å². The first-order chi connectivity index (χ1) is 9.00. The average molecular weight is 265 g/mol. The molecular weight excluding hydrogens is 256 g/mol. The highest BCUT2D eigenvalue weighted by Crippen LogP contribution is 2.32. The fraction of sp³-hybridized carbons (Fsp3) is 0. The zero-order valence-electron chi connectivity index (χ0n) is 9.56. The molecule has 6 heteroatoms. The molecule has 0 saturated carbocycles. The third-order valence-electron chi connectivity index (χ3n) is 2.41. The Balaban J connectivity index is 2.48. The van der Waals surface area contributed by atoms with E-state index >= 15 is 0 Å². The van der Waals surface area contributed by atoms with Crippen molar-refractivity contribution >= 4 is 11.7 Å². The van der Waals surface area contributed by atoms with Gasteiger partial charge in [0.15, 0.2) is 11.6 Å². The van der Waals surface area contributed by atoms with Gasteiger partial charge in [0.25, 0.3) is 0 Å². The summed E-state index contributed by atoms with van der Waals surface area (Å²) in [5.74, 6) is -4.19. The fourth-order valence-corrected chi connectivity index (χ4v) is 1.48. The number of benzene rings is 2. The van der Waals surface area contributed by atoms with Gasteiger partial charge >= 0.3 is 5.97 Å². The molecular formula is C13H9F2NO3. The lowest BCUT2D eigenvalue weighted by Gasteiger charge is -2.11. The van der Waals surface area contributed by atoms with Crippen molar-refractivity contribution in [2.45, 2.75) is 0 Å². The van der Waals surface area contributed by atoms with Crippen molar-refractivity contribution in [3.63, 3.8) is 0 Å². The van der Waals surface area contributed by atoms with Crippen molar-refractivity contribution in [2.75, 3.05) is 5.73 Å². The fourth-order valence-electron chi connectivity index (χ4n) is 1.48. The van der Waals surface area contributed by atoms with Crippen LogP contribution in [0, 0.1) is 11.6 Å². The van der Waals surface area contributed by atoms with Gasteiger partial charge in [0.05, 0.1) is 5.69 Å². The van der Waals surface area contributed by atoms with Crippen molar-refractivity contribution in [3.05, 3.63) is 53.6 Å². The summed E-state index contributed by atoms with van der Waals surface area (Å²) < 4.78 is 32.1. The Morgan fingerprint density at radius 2 is 1.84 bits per heavy atom. The number of carbonyl (C=O) groups is 1. The van der Waals surface area contributed by atoms with Crippen molar-refractivity contribution in [1.82, 2.24) is 0 Å². The van der Waals surface area contributed by atoms with Gasteiger partial charge in [0.1, 0.15) is 11.3 Å². The lowest BCUT2D eigenvalue weighted by Crippen LogP contribution is -2.02. The standard InChI is InChI=1S/C13H9F2NO3/c14-8-5-6-9(16)11(15)12(8)19-10-4-2-1-3-7(10)13(17)18/h1-6H,16H2,(H,17,18). The molecule has 0 atom stereocenters. The van der Waals surface area contributed by atoms with Gasteiger partial charge in [-0.15, -0.1) is 0 Å². The largest absolute Gasteiger partial charge is 0.478 e. The van der Waals surface area contributed by atoms with Gasteiger partial charge in [-0.1, -0.05) is 12.1 Å². The topological polar surface area (TPSA) is 72.5 Å². The van der Waals surface area contributed by atoms with E-state index in [9.17, 15) is 13.6 Å². The Morgan fingerprint density at radius 1 is 1.16 bits per heavy atom. The Labute approximate surface area is 107 Å². The smallest absolute Gasteiger partial charge is 0.339 e. The summed E-state index contributed by atoms with van der Waals surface area (Å²) in [4.78, 5) is 11.0. The second kappa shape index (κ2) is 4.93. The Morgan fingerprint density at radius 3 is 2.53 bits per heavy atom. The molecule has 2 aromatic rings. The molecule has 19 heavy (non-hydrogen) atoms. The predicted molar refractivity (Wildman–Crippen MR) is 64.2 cm³/mol. The second-order valence-electron chi connectivity index (χ2n) is 3.68. The molecule has 0 radical (unpaired) electrons. The van der Waals surface area contributed by atoms with Gasteiger partial charge in [-0.25, -0.2) is 13.6 Å². The maximum absolute atomic E-state index is 13.6. The lowest BCUT2D eigenvalue weighted by atomic mass is 10.2. The van der Waals surface area contributed by atoms with E-state index in [0.29, 0.717) is 0 Å². The number of anilines is 1. The van der Waals surface area contributed by atoms with Crippen molar-refractivity contribution in [2.24, 2.45) is 0 Å². The van der Waals surface area contributed by atoms with Crippen LogP contribution in [-0.4, -0.2) is 11.1 Å². The number of hydrogen-bond donors (Lipinski definition) is 2. The minimum absolute atomic E-state index is 0.168. The molecule has 0 spiro atoms. The van der Waals surface area contributed by atoms with Crippen LogP contribution in [0.3, 0.4) is 0 Å². The van der Waals surface area contributed by atoms with Crippen LogP contribution in [0.5, 0.6) is 11.5 Å². The molecule has 2 aromatic carbocycles. The normalized spacial score (nSPS) is 10.2. The average Bonchev–Trinajstić information content (AvgIpc) is 2.39. The van der Waals surface area contributed by atoms with Gasteiger partial charge < -0.3 is 15.6 Å². The van der Waals surface area contributed by atoms with E-state index in [1.807, 2.05) is 0 Å². The zero-order chi connectivity index (χ0) is 14.0. The van der Waals surface area contributed by atoms with E-state index in [1.165, 1.54) is 24.3 Å². The number of ether oxygens (including phenoxy) is 1. The molecule has 2 rings (SSSR count). The van der Waals surface area contributed by atoms with Crippen LogP contribution < -0.4 is 10.5 Å². The molecule has 0 heterocycles. The van der Waals surface area contributed by atoms with Crippen molar-refractivity contribution < 1.29 is 23.4 Å². The minimum atomic E-state index is -1.26. The van der Waals surface area contributed by atoms with Gasteiger partial charge in [0.2, 0.25) is 5.75 Å². The summed E-state index contributed by atoms with van der Waals surface area (Å²) in [5, 5.41) is 8.94. The molecule has 0 aliphatic rings. The second-order valence-corrected chi connectivity index (χ2v) is 3.68. The third kappa shape index (κ3) is 2.47. The molecule has 0 fully saturated rings. The van der Waals surface area contributed by atoms with E-state index in [0.717, 1.165) is 12.1 Å². The van der Waals surface area contributed by atoms with E-state index in [-0.39, 0.29) is 17.0 Å². The van der Waals surface area contributed by atoms with Crippen LogP contribution in [0.1, 0.15) is 10.4 Å². The summed E-state index contributed by atoms with van der Waals surface area (Å²) in [6, 6.07) is 7.52. The summed E-state index contributed by atoms with van der Waals surface area (Å²) in [6.07, 6.45) is 0. The summed E-state index contributed by atoms with van der Waals surface area (Å²) >= 11 is 0. The first kappa shape index (κ1) is 12.8. The Kier molecular flexibility index (Phi) is 3.33. The lowest BCUT2D eigenvalue weighted by molar-refractivity contribution is 0.0694. The number of nitrogens with two attached hydrogens (primary N) is 1. The maximum Gasteiger partial charge on any atom is 0.339 e. The Bertz CT molecular complexity index is 644. The number of halogens is 2. The zero-order valence-corrected chi connectivity index (χ0v) is 9.56. The predicted octanol–water partition coefficient (Wildman–Crippen LogP) is 3.04. The molecule has 0 unspecified atom stereocenters. The molecule has 0 bridgehead atoms. The van der Waals surface area contributed by atoms with Gasteiger partial charge in [0, 0.05) is 0 Å². The number of rotatable bonds is 3. The van der Waals surface area contributed by atoms with Crippen molar-refractivity contribution in [1.29, 1.82) is 0 Å². The summed E-state index contributed by atoms with van der Waals surface area (Å²) in [6.45, 7) is 0. The number of hydrogen-bond acceptors (Lipinski definition) is 3. The molecule has 98 valence electrons. The van der Waals surface area contributed by atoms with Crippen LogP contribution in [0.2, 0.25) is 0 Å². The number of carboxylic acids is 1. The van der Waals surface area contributed by atoms with E-state index in [1.54, 1.807) is 0 Å². The quantitative estimate of drug-likeness (QED) is 0.836. The number of nitrogen functional groups attached to an aromatic ring is 1. The van der Waals surface area contributed by atoms with Gasteiger partial charge in [-0.2, -0.15) is 0 Å². The molecule has 0 aliphatic heterocycles. The van der Waals surface area contributed by atoms with Gasteiger partial charge in [-0.05, 0) is 24.3 Å². The highest BCUT2D eigenvalue weighted by Gasteiger charge is 2.17. The van der Waals surface area contributed by atoms with E-state index in [2.05, 4.69) is 0 Å². The SMILES string of the molecule is Nc1ccc(F)c(Oc2ccccc2C(=O)O)c1F. The molecule has 0 saturated heterocycles. The third-order valence-corrected chi connectivity index (χ3v) is 2.41. The Hall–Kier alpha value is -2.63. The molecule has 4 nitrogen and oxygen atoms in total. The van der Waals surface area contributed by atoms with Crippen LogP contribution in [-0.2, 0) is 0 Å². The van der Waals surface area contributed by atoms with Gasteiger partial charge in [-0.3, -0.25) is 0 Å². The first-order valence-corrected chi connectivity index (χ1v) is 5.24. The maximum atomic E-state index is 13.6. The highest BCUT2D eigenvalue weighted by atomic mass is 19.1. The van der Waals surface area contributed by atoms with Crippen LogP contribution >= 0.6 is 0 Å². The molecule has 0 aromatic heterocycles. The highest BCUT2D eigenvalue weighted by molar-refractivity contribution is 5.90. The van der Waals surface area contributed by atoms with E-state index < -0.39 is 23.4 Å². The number of aromatic carboxylic acids is 1. The summed E-state index contributed by atoms with van der Waals surface area (Å²) in [7, 11) is 0. The molecule has 3 N–H and O–H groups in total. The number of para-hydroxylation sites is 1. The van der Waals surface area contributed by atoms with E-state index in [4.69, 9.17) is 15.6 Å².